The lowest BCUT2D eigenvalue weighted by atomic mass is 10.0. The fourth-order valence-electron chi connectivity index (χ4n) is 1.31. The summed E-state index contributed by atoms with van der Waals surface area (Å²) in [4.78, 5) is 11.1. The normalized spacial score (nSPS) is 9.40. The van der Waals surface area contributed by atoms with Crippen LogP contribution in [0.1, 0.15) is 16.7 Å². The van der Waals surface area contributed by atoms with Gasteiger partial charge in [0.25, 0.3) is 0 Å². The molecule has 0 amide bonds. The van der Waals surface area contributed by atoms with Crippen LogP contribution < -0.4 is 5.73 Å². The minimum Gasteiger partial charge on any atom is -0.469 e. The molecule has 0 atom stereocenters. The van der Waals surface area contributed by atoms with E-state index in [1.807, 2.05) is 6.07 Å². The summed E-state index contributed by atoms with van der Waals surface area (Å²) in [7, 11) is 1.32. The number of hydrogen-bond acceptors (Lipinski definition) is 4. The molecule has 15 heavy (non-hydrogen) atoms. The quantitative estimate of drug-likeness (QED) is 0.579. The van der Waals surface area contributed by atoms with Gasteiger partial charge in [0, 0.05) is 5.69 Å². The van der Waals surface area contributed by atoms with Crippen LogP contribution in [0.3, 0.4) is 0 Å². The Morgan fingerprint density at radius 2 is 2.27 bits per heavy atom. The van der Waals surface area contributed by atoms with Crippen LogP contribution in [-0.4, -0.2) is 13.1 Å². The number of carbonyl (C=O) groups is 1. The summed E-state index contributed by atoms with van der Waals surface area (Å²) >= 11 is 0. The molecule has 1 aromatic rings. The summed E-state index contributed by atoms with van der Waals surface area (Å²) in [6.07, 6.45) is 0.0959. The highest BCUT2D eigenvalue weighted by atomic mass is 16.5. The lowest BCUT2D eigenvalue weighted by Gasteiger charge is -2.07. The number of aryl methyl sites for hydroxylation is 1. The van der Waals surface area contributed by atoms with Gasteiger partial charge in [0.05, 0.1) is 25.2 Å². The van der Waals surface area contributed by atoms with Crippen LogP contribution in [0.15, 0.2) is 12.1 Å². The first-order valence-corrected chi connectivity index (χ1v) is 4.44. The summed E-state index contributed by atoms with van der Waals surface area (Å²) in [5.74, 6) is -0.365. The van der Waals surface area contributed by atoms with Crippen molar-refractivity contribution in [2.75, 3.05) is 12.8 Å². The second-order valence-corrected chi connectivity index (χ2v) is 3.23. The lowest BCUT2D eigenvalue weighted by Crippen LogP contribution is -2.08. The first kappa shape index (κ1) is 11.1. The average molecular weight is 204 g/mol. The van der Waals surface area contributed by atoms with E-state index in [0.29, 0.717) is 16.8 Å². The largest absolute Gasteiger partial charge is 0.469 e. The zero-order valence-corrected chi connectivity index (χ0v) is 8.70. The van der Waals surface area contributed by atoms with Crippen LogP contribution in [0.4, 0.5) is 5.69 Å². The number of esters is 1. The Labute approximate surface area is 88.3 Å². The van der Waals surface area contributed by atoms with E-state index in [9.17, 15) is 4.79 Å². The minimum atomic E-state index is -0.365. The number of hydrogen-bond donors (Lipinski definition) is 1. The molecule has 0 unspecified atom stereocenters. The molecule has 0 fully saturated rings. The SMILES string of the molecule is COC(=O)Cc1cc(C#N)cc(C)c1N. The molecular weight excluding hydrogens is 192 g/mol. The third kappa shape index (κ3) is 2.47. The van der Waals surface area contributed by atoms with Gasteiger partial charge in [-0.1, -0.05) is 0 Å². The molecule has 0 aromatic heterocycles. The van der Waals surface area contributed by atoms with Crippen molar-refractivity contribution in [1.29, 1.82) is 5.26 Å². The molecule has 1 rings (SSSR count). The smallest absolute Gasteiger partial charge is 0.310 e. The Hall–Kier alpha value is -2.02. The molecule has 0 radical (unpaired) electrons. The zero-order valence-electron chi connectivity index (χ0n) is 8.70. The number of nitrogen functional groups attached to an aromatic ring is 1. The van der Waals surface area contributed by atoms with E-state index in [4.69, 9.17) is 11.0 Å². The van der Waals surface area contributed by atoms with Gasteiger partial charge in [0.2, 0.25) is 0 Å². The highest BCUT2D eigenvalue weighted by Crippen LogP contribution is 2.20. The Bertz CT molecular complexity index is 433. The van der Waals surface area contributed by atoms with Crippen LogP contribution >= 0.6 is 0 Å². The van der Waals surface area contributed by atoms with Gasteiger partial charge in [-0.15, -0.1) is 0 Å². The Kier molecular flexibility index (Phi) is 3.29. The number of nitriles is 1. The molecule has 0 bridgehead atoms. The van der Waals surface area contributed by atoms with Crippen molar-refractivity contribution in [3.63, 3.8) is 0 Å². The third-order valence-electron chi connectivity index (χ3n) is 2.16. The van der Waals surface area contributed by atoms with Crippen LogP contribution in [-0.2, 0) is 16.0 Å². The molecule has 0 aliphatic rings. The van der Waals surface area contributed by atoms with E-state index >= 15 is 0 Å². The number of nitrogens with zero attached hydrogens (tertiary/aromatic N) is 1. The monoisotopic (exact) mass is 204 g/mol. The minimum absolute atomic E-state index is 0.0959. The van der Waals surface area contributed by atoms with Gasteiger partial charge >= 0.3 is 5.97 Å². The third-order valence-corrected chi connectivity index (χ3v) is 2.16. The predicted molar refractivity (Wildman–Crippen MR) is 56.0 cm³/mol. The summed E-state index contributed by atoms with van der Waals surface area (Å²) in [5.41, 5.74) is 8.27. The van der Waals surface area contributed by atoms with Crippen molar-refractivity contribution in [2.24, 2.45) is 0 Å². The maximum atomic E-state index is 11.1. The highest BCUT2D eigenvalue weighted by Gasteiger charge is 2.09. The van der Waals surface area contributed by atoms with E-state index < -0.39 is 0 Å². The van der Waals surface area contributed by atoms with Crippen molar-refractivity contribution < 1.29 is 9.53 Å². The van der Waals surface area contributed by atoms with Gasteiger partial charge in [-0.05, 0) is 30.2 Å². The molecule has 78 valence electrons. The summed E-state index contributed by atoms with van der Waals surface area (Å²) in [6, 6.07) is 5.32. The van der Waals surface area contributed by atoms with Gasteiger partial charge in [-0.3, -0.25) is 4.79 Å². The fraction of sp³-hybridized carbons (Fsp3) is 0.273. The number of rotatable bonds is 2. The van der Waals surface area contributed by atoms with Gasteiger partial charge in [0.1, 0.15) is 0 Å². The van der Waals surface area contributed by atoms with Gasteiger partial charge in [0.15, 0.2) is 0 Å². The molecule has 2 N–H and O–H groups in total. The molecule has 0 saturated heterocycles. The standard InChI is InChI=1S/C11H12N2O2/c1-7-3-8(6-12)4-9(11(7)13)5-10(14)15-2/h3-4H,5,13H2,1-2H3. The first-order valence-electron chi connectivity index (χ1n) is 4.44. The number of methoxy groups -OCH3 is 1. The summed E-state index contributed by atoms with van der Waals surface area (Å²) < 4.78 is 4.55. The van der Waals surface area contributed by atoms with Gasteiger partial charge < -0.3 is 10.5 Å². The van der Waals surface area contributed by atoms with E-state index in [-0.39, 0.29) is 12.4 Å². The lowest BCUT2D eigenvalue weighted by molar-refractivity contribution is -0.139. The maximum absolute atomic E-state index is 11.1. The molecular formula is C11H12N2O2. The topological polar surface area (TPSA) is 76.1 Å². The number of nitrogens with two attached hydrogens (primary N) is 1. The molecule has 0 aliphatic heterocycles. The molecule has 0 spiro atoms. The number of benzene rings is 1. The van der Waals surface area contributed by atoms with Gasteiger partial charge in [-0.2, -0.15) is 5.26 Å². The Balaban J connectivity index is 3.12. The second-order valence-electron chi connectivity index (χ2n) is 3.23. The van der Waals surface area contributed by atoms with Gasteiger partial charge in [-0.25, -0.2) is 0 Å². The van der Waals surface area contributed by atoms with Crippen molar-refractivity contribution in [3.8, 4) is 6.07 Å². The van der Waals surface area contributed by atoms with E-state index in [1.54, 1.807) is 19.1 Å². The summed E-state index contributed by atoms with van der Waals surface area (Å²) in [5, 5.41) is 8.76. The summed E-state index contributed by atoms with van der Waals surface area (Å²) in [6.45, 7) is 1.80. The van der Waals surface area contributed by atoms with Crippen molar-refractivity contribution >= 4 is 11.7 Å². The van der Waals surface area contributed by atoms with Crippen molar-refractivity contribution in [3.05, 3.63) is 28.8 Å². The van der Waals surface area contributed by atoms with Crippen molar-refractivity contribution in [1.82, 2.24) is 0 Å². The average Bonchev–Trinajstić information content (AvgIpc) is 2.24. The Morgan fingerprint density at radius 1 is 1.60 bits per heavy atom. The molecule has 0 aliphatic carbocycles. The van der Waals surface area contributed by atoms with E-state index in [2.05, 4.69) is 4.74 Å². The van der Waals surface area contributed by atoms with Crippen molar-refractivity contribution in [2.45, 2.75) is 13.3 Å². The second kappa shape index (κ2) is 4.47. The van der Waals surface area contributed by atoms with Crippen LogP contribution in [0.2, 0.25) is 0 Å². The molecule has 0 saturated carbocycles. The zero-order chi connectivity index (χ0) is 11.4. The van der Waals surface area contributed by atoms with E-state index in [0.717, 1.165) is 5.56 Å². The number of anilines is 1. The fourth-order valence-corrected chi connectivity index (χ4v) is 1.31. The molecule has 4 heteroatoms. The molecule has 4 nitrogen and oxygen atoms in total. The molecule has 1 aromatic carbocycles. The highest BCUT2D eigenvalue weighted by molar-refractivity contribution is 5.75. The van der Waals surface area contributed by atoms with E-state index in [1.165, 1.54) is 7.11 Å². The Morgan fingerprint density at radius 3 is 2.80 bits per heavy atom. The maximum Gasteiger partial charge on any atom is 0.310 e. The van der Waals surface area contributed by atoms with Crippen LogP contribution in [0.5, 0.6) is 0 Å². The van der Waals surface area contributed by atoms with Crippen LogP contribution in [0.25, 0.3) is 0 Å². The first-order chi connectivity index (χ1) is 7.08. The number of ether oxygens (including phenoxy) is 1. The predicted octanol–water partition coefficient (Wildman–Crippen LogP) is 1.16. The van der Waals surface area contributed by atoms with Crippen LogP contribution in [0, 0.1) is 18.3 Å². The molecule has 0 heterocycles. The number of carbonyl (C=O) groups excluding carboxylic acids is 1.